The lowest BCUT2D eigenvalue weighted by Gasteiger charge is -2.18. The zero-order valence-electron chi connectivity index (χ0n) is 16.4. The average molecular weight is 418 g/mol. The van der Waals surface area contributed by atoms with Crippen LogP contribution in [0.1, 0.15) is 28.4 Å². The summed E-state index contributed by atoms with van der Waals surface area (Å²) in [6, 6.07) is 17.4. The predicted molar refractivity (Wildman–Crippen MR) is 111 cm³/mol. The molecule has 0 saturated heterocycles. The number of nitrogens with one attached hydrogen (secondary N) is 2. The van der Waals surface area contributed by atoms with Gasteiger partial charge in [0, 0.05) is 11.4 Å². The van der Waals surface area contributed by atoms with E-state index in [4.69, 9.17) is 4.74 Å². The van der Waals surface area contributed by atoms with E-state index in [1.807, 2.05) is 0 Å². The molecule has 3 aromatic carbocycles. The number of nitrogens with zero attached hydrogens (tertiary/aromatic N) is 2. The lowest BCUT2D eigenvalue weighted by molar-refractivity contribution is 0.0526. The van der Waals surface area contributed by atoms with Crippen LogP contribution in [-0.4, -0.2) is 12.6 Å². The maximum atomic E-state index is 15.1. The van der Waals surface area contributed by atoms with Crippen LogP contribution in [0.5, 0.6) is 0 Å². The maximum absolute atomic E-state index is 15.1. The first-order chi connectivity index (χ1) is 15.0. The number of esters is 1. The van der Waals surface area contributed by atoms with Crippen LogP contribution < -0.4 is 10.6 Å². The van der Waals surface area contributed by atoms with E-state index >= 15 is 8.78 Å². The van der Waals surface area contributed by atoms with Gasteiger partial charge in [-0.15, -0.1) is 0 Å². The molecule has 154 valence electrons. The van der Waals surface area contributed by atoms with E-state index in [0.29, 0.717) is 16.9 Å². The highest BCUT2D eigenvalue weighted by Crippen LogP contribution is 2.37. The molecule has 0 heterocycles. The molecule has 31 heavy (non-hydrogen) atoms. The predicted octanol–water partition coefficient (Wildman–Crippen LogP) is 5.37. The summed E-state index contributed by atoms with van der Waals surface area (Å²) in [7, 11) is 0. The molecule has 0 aliphatic heterocycles. The van der Waals surface area contributed by atoms with Crippen molar-refractivity contribution in [1.82, 2.24) is 0 Å². The minimum absolute atomic E-state index is 0.222. The summed E-state index contributed by atoms with van der Waals surface area (Å²) in [5, 5.41) is 24.0. The van der Waals surface area contributed by atoms with Crippen molar-refractivity contribution in [2.75, 3.05) is 17.2 Å². The zero-order chi connectivity index (χ0) is 22.4. The second-order valence-corrected chi connectivity index (χ2v) is 6.27. The van der Waals surface area contributed by atoms with E-state index in [0.717, 1.165) is 0 Å². The van der Waals surface area contributed by atoms with Crippen LogP contribution in [0.2, 0.25) is 0 Å². The summed E-state index contributed by atoms with van der Waals surface area (Å²) in [6.45, 7) is 1.91. The Labute approximate surface area is 177 Å². The van der Waals surface area contributed by atoms with Crippen molar-refractivity contribution >= 4 is 28.7 Å². The molecule has 0 spiro atoms. The number of halogens is 2. The van der Waals surface area contributed by atoms with Gasteiger partial charge in [0.05, 0.1) is 12.2 Å². The van der Waals surface area contributed by atoms with Gasteiger partial charge in [-0.05, 0) is 43.3 Å². The molecule has 0 atom stereocenters. The third kappa shape index (κ3) is 4.44. The lowest BCUT2D eigenvalue weighted by Crippen LogP contribution is -2.08. The summed E-state index contributed by atoms with van der Waals surface area (Å²) in [5.41, 5.74) is -0.995. The summed E-state index contributed by atoms with van der Waals surface area (Å²) in [4.78, 5) is 11.8. The van der Waals surface area contributed by atoms with Gasteiger partial charge in [-0.3, -0.25) is 0 Å². The van der Waals surface area contributed by atoms with Gasteiger partial charge in [0.2, 0.25) is 0 Å². The van der Waals surface area contributed by atoms with Crippen LogP contribution in [0.15, 0.2) is 54.6 Å². The van der Waals surface area contributed by atoms with Crippen molar-refractivity contribution < 1.29 is 18.3 Å². The number of rotatable bonds is 6. The number of carbonyl (C=O) groups excluding carboxylic acids is 1. The standard InChI is InChI=1S/C23H16F2N4O2/c1-2-31-23(30)14-8-10-16(11-9-14)29-22-20(25)18(13-27)17(12-26)19(24)21(22)28-15-6-4-3-5-7-15/h3-11,28-29H,2H2,1H3. The third-order valence-electron chi connectivity index (χ3n) is 4.31. The molecule has 0 aliphatic carbocycles. The highest BCUT2D eigenvalue weighted by atomic mass is 19.1. The lowest BCUT2D eigenvalue weighted by atomic mass is 10.0. The molecule has 0 radical (unpaired) electrons. The molecule has 3 rings (SSSR count). The van der Waals surface area contributed by atoms with E-state index < -0.39 is 28.7 Å². The summed E-state index contributed by atoms with van der Waals surface area (Å²) in [5.74, 6) is -2.65. The van der Waals surface area contributed by atoms with Crippen LogP contribution in [0.25, 0.3) is 0 Å². The number of carbonyl (C=O) groups is 1. The average Bonchev–Trinajstić information content (AvgIpc) is 2.79. The van der Waals surface area contributed by atoms with Crippen molar-refractivity contribution in [3.63, 3.8) is 0 Å². The number of ether oxygens (including phenoxy) is 1. The summed E-state index contributed by atoms with van der Waals surface area (Å²) < 4.78 is 35.2. The highest BCUT2D eigenvalue weighted by molar-refractivity contribution is 5.90. The Morgan fingerprint density at radius 3 is 1.81 bits per heavy atom. The Hall–Kier alpha value is -4.43. The minimum Gasteiger partial charge on any atom is -0.462 e. The van der Waals surface area contributed by atoms with Crippen molar-refractivity contribution in [3.05, 3.63) is 82.9 Å². The Balaban J connectivity index is 2.08. The fourth-order valence-electron chi connectivity index (χ4n) is 2.85. The molecule has 0 saturated carbocycles. The van der Waals surface area contributed by atoms with E-state index in [2.05, 4.69) is 10.6 Å². The topological polar surface area (TPSA) is 97.9 Å². The number of anilines is 4. The molecular weight excluding hydrogens is 402 g/mol. The fourth-order valence-corrected chi connectivity index (χ4v) is 2.85. The van der Waals surface area contributed by atoms with Gasteiger partial charge in [0.15, 0.2) is 11.6 Å². The molecule has 0 amide bonds. The SMILES string of the molecule is CCOC(=O)c1ccc(Nc2c(F)c(C#N)c(C#N)c(F)c2Nc2ccccc2)cc1. The van der Waals surface area contributed by atoms with Gasteiger partial charge < -0.3 is 15.4 Å². The quantitative estimate of drug-likeness (QED) is 0.522. The largest absolute Gasteiger partial charge is 0.462 e. The van der Waals surface area contributed by atoms with Crippen molar-refractivity contribution in [2.24, 2.45) is 0 Å². The summed E-state index contributed by atoms with van der Waals surface area (Å²) >= 11 is 0. The highest BCUT2D eigenvalue weighted by Gasteiger charge is 2.25. The van der Waals surface area contributed by atoms with E-state index in [-0.39, 0.29) is 18.0 Å². The number of hydrogen-bond acceptors (Lipinski definition) is 6. The van der Waals surface area contributed by atoms with Gasteiger partial charge in [-0.2, -0.15) is 10.5 Å². The Bertz CT molecular complexity index is 1200. The van der Waals surface area contributed by atoms with Gasteiger partial charge in [-0.25, -0.2) is 13.6 Å². The molecule has 8 heteroatoms. The number of nitriles is 2. The summed E-state index contributed by atoms with van der Waals surface area (Å²) in [6.07, 6.45) is 0. The van der Waals surface area contributed by atoms with Crippen LogP contribution in [0.4, 0.5) is 31.5 Å². The van der Waals surface area contributed by atoms with Crippen LogP contribution in [0.3, 0.4) is 0 Å². The normalized spacial score (nSPS) is 9.97. The second-order valence-electron chi connectivity index (χ2n) is 6.27. The van der Waals surface area contributed by atoms with Crippen LogP contribution >= 0.6 is 0 Å². The van der Waals surface area contributed by atoms with E-state index in [1.165, 1.54) is 24.3 Å². The monoisotopic (exact) mass is 418 g/mol. The second kappa shape index (κ2) is 9.38. The first-order valence-electron chi connectivity index (χ1n) is 9.21. The molecule has 0 fully saturated rings. The molecular formula is C23H16F2N4O2. The molecule has 6 nitrogen and oxygen atoms in total. The Morgan fingerprint density at radius 1 is 0.871 bits per heavy atom. The van der Waals surface area contributed by atoms with Crippen molar-refractivity contribution in [2.45, 2.75) is 6.92 Å². The molecule has 0 bridgehead atoms. The van der Waals surface area contributed by atoms with Gasteiger partial charge in [0.1, 0.15) is 34.6 Å². The zero-order valence-corrected chi connectivity index (χ0v) is 16.4. The first-order valence-corrected chi connectivity index (χ1v) is 9.21. The smallest absolute Gasteiger partial charge is 0.338 e. The molecule has 0 aromatic heterocycles. The van der Waals surface area contributed by atoms with E-state index in [1.54, 1.807) is 49.4 Å². The Kier molecular flexibility index (Phi) is 6.44. The first kappa shape index (κ1) is 21.3. The van der Waals surface area contributed by atoms with Crippen LogP contribution in [-0.2, 0) is 4.74 Å². The fraction of sp³-hybridized carbons (Fsp3) is 0.0870. The maximum Gasteiger partial charge on any atom is 0.338 e. The molecule has 3 aromatic rings. The van der Waals surface area contributed by atoms with Gasteiger partial charge in [-0.1, -0.05) is 18.2 Å². The minimum atomic E-state index is -1.08. The van der Waals surface area contributed by atoms with Gasteiger partial charge in [0.25, 0.3) is 0 Å². The van der Waals surface area contributed by atoms with Crippen molar-refractivity contribution in [1.29, 1.82) is 10.5 Å². The molecule has 0 aliphatic rings. The van der Waals surface area contributed by atoms with Crippen LogP contribution in [0, 0.1) is 34.3 Å². The van der Waals surface area contributed by atoms with Gasteiger partial charge >= 0.3 is 5.97 Å². The molecule has 0 unspecified atom stereocenters. The Morgan fingerprint density at radius 2 is 1.35 bits per heavy atom. The number of hydrogen-bond donors (Lipinski definition) is 2. The number of para-hydroxylation sites is 1. The molecule has 2 N–H and O–H groups in total. The third-order valence-corrected chi connectivity index (χ3v) is 4.31. The number of benzene rings is 3. The van der Waals surface area contributed by atoms with E-state index in [9.17, 15) is 15.3 Å². The van der Waals surface area contributed by atoms with Crippen molar-refractivity contribution in [3.8, 4) is 12.1 Å².